The number of nitrogens with one attached hydrogen (secondary N) is 1. The zero-order valence-corrected chi connectivity index (χ0v) is 12.3. The molecule has 0 fully saturated rings. The largest absolute Gasteiger partial charge is 0.344 e. The molecule has 0 aliphatic rings. The summed E-state index contributed by atoms with van der Waals surface area (Å²) in [4.78, 5) is 12.1. The maximum atomic E-state index is 4.63. The summed E-state index contributed by atoms with van der Waals surface area (Å²) >= 11 is 2.34. The van der Waals surface area contributed by atoms with Crippen molar-refractivity contribution in [1.29, 1.82) is 0 Å². The molecule has 0 aliphatic heterocycles. The zero-order valence-electron chi connectivity index (χ0n) is 9.11. The van der Waals surface area contributed by atoms with Gasteiger partial charge in [-0.2, -0.15) is 0 Å². The second-order valence-electron chi connectivity index (χ2n) is 3.82. The van der Waals surface area contributed by atoms with Gasteiger partial charge in [-0.15, -0.1) is 0 Å². The summed E-state index contributed by atoms with van der Waals surface area (Å²) in [5.41, 5.74) is 4.09. The molecule has 6 heteroatoms. The van der Waals surface area contributed by atoms with Crippen LogP contribution in [-0.2, 0) is 0 Å². The van der Waals surface area contributed by atoms with Gasteiger partial charge in [0.15, 0.2) is 0 Å². The number of H-pyrrole nitrogens is 1. The van der Waals surface area contributed by atoms with E-state index in [0.717, 1.165) is 28.1 Å². The van der Waals surface area contributed by atoms with Crippen LogP contribution < -0.4 is 0 Å². The maximum Gasteiger partial charge on any atom is 0.138 e. The quantitative estimate of drug-likeness (QED) is 0.564. The monoisotopic (exact) mass is 356 g/mol. The van der Waals surface area contributed by atoms with Gasteiger partial charge in [0.2, 0.25) is 0 Å². The van der Waals surface area contributed by atoms with Crippen LogP contribution in [0.5, 0.6) is 0 Å². The van der Waals surface area contributed by atoms with Gasteiger partial charge in [-0.3, -0.25) is 0 Å². The molecule has 0 radical (unpaired) electrons. The van der Waals surface area contributed by atoms with Crippen molar-refractivity contribution in [3.63, 3.8) is 0 Å². The number of rotatable bonds is 2. The van der Waals surface area contributed by atoms with Gasteiger partial charge in [-0.1, -0.05) is 0 Å². The van der Waals surface area contributed by atoms with E-state index in [-0.39, 0.29) is 0 Å². The Morgan fingerprint density at radius 2 is 2.29 bits per heavy atom. The Hall–Kier alpha value is -0.940. The zero-order chi connectivity index (χ0) is 11.8. The number of fused-ring (bicyclic) bond motifs is 1. The molecule has 0 aromatic carbocycles. The highest BCUT2D eigenvalue weighted by atomic mass is 127. The van der Waals surface area contributed by atoms with Crippen LogP contribution in [0, 0.1) is 6.92 Å². The molecule has 17 heavy (non-hydrogen) atoms. The van der Waals surface area contributed by atoms with Gasteiger partial charge in [-0.05, 0) is 47.2 Å². The average molecular weight is 356 g/mol. The van der Waals surface area contributed by atoms with E-state index < -0.39 is 0 Å². The molecule has 3 rings (SSSR count). The van der Waals surface area contributed by atoms with Crippen molar-refractivity contribution in [3.05, 3.63) is 36.4 Å². The standard InChI is InChI=1S/C11H10IN4P/c1-7-4-8-2-3-9(15-11(8)14-7)10-5-13-6-16(10)17-12/h2-6,17H,1H3,(H,14,15). The summed E-state index contributed by atoms with van der Waals surface area (Å²) in [5, 5.41) is 1.15. The van der Waals surface area contributed by atoms with Crippen molar-refractivity contribution in [1.82, 2.24) is 19.3 Å². The lowest BCUT2D eigenvalue weighted by Gasteiger charge is -2.03. The maximum absolute atomic E-state index is 4.63. The Kier molecular flexibility index (Phi) is 2.88. The van der Waals surface area contributed by atoms with Gasteiger partial charge in [0.25, 0.3) is 0 Å². The number of aromatic nitrogens is 4. The molecule has 3 aromatic rings. The number of hydrogen-bond acceptors (Lipinski definition) is 2. The minimum atomic E-state index is 0.635. The molecule has 3 heterocycles. The van der Waals surface area contributed by atoms with E-state index in [1.54, 1.807) is 0 Å². The van der Waals surface area contributed by atoms with E-state index in [2.05, 4.69) is 53.5 Å². The van der Waals surface area contributed by atoms with Crippen molar-refractivity contribution in [2.45, 2.75) is 6.92 Å². The minimum Gasteiger partial charge on any atom is -0.344 e. The minimum absolute atomic E-state index is 0.635. The number of aryl methyl sites for hydroxylation is 1. The molecular weight excluding hydrogens is 346 g/mol. The van der Waals surface area contributed by atoms with Crippen LogP contribution in [0.15, 0.2) is 30.7 Å². The van der Waals surface area contributed by atoms with E-state index in [4.69, 9.17) is 0 Å². The van der Waals surface area contributed by atoms with Crippen LogP contribution in [0.1, 0.15) is 5.69 Å². The van der Waals surface area contributed by atoms with Gasteiger partial charge in [0.1, 0.15) is 5.65 Å². The Morgan fingerprint density at radius 3 is 3.12 bits per heavy atom. The normalized spacial score (nSPS) is 11.9. The molecule has 0 aliphatic carbocycles. The molecule has 0 saturated heterocycles. The van der Waals surface area contributed by atoms with Crippen LogP contribution in [0.25, 0.3) is 22.4 Å². The molecular formula is C11H10IN4P. The molecule has 86 valence electrons. The highest BCUT2D eigenvalue weighted by Crippen LogP contribution is 2.30. The number of pyridine rings is 1. The number of aromatic amines is 1. The summed E-state index contributed by atoms with van der Waals surface area (Å²) in [6.45, 7) is 2.04. The van der Waals surface area contributed by atoms with Crippen LogP contribution >= 0.6 is 28.4 Å². The topological polar surface area (TPSA) is 46.5 Å². The van der Waals surface area contributed by atoms with E-state index in [9.17, 15) is 0 Å². The Labute approximate surface area is 113 Å². The molecule has 0 amide bonds. The molecule has 3 aromatic heterocycles. The van der Waals surface area contributed by atoms with Crippen molar-refractivity contribution < 1.29 is 0 Å². The molecule has 4 nitrogen and oxygen atoms in total. The first kappa shape index (κ1) is 11.2. The van der Waals surface area contributed by atoms with Crippen molar-refractivity contribution >= 4 is 39.4 Å². The third kappa shape index (κ3) is 1.98. The Morgan fingerprint density at radius 1 is 1.41 bits per heavy atom. The lowest BCUT2D eigenvalue weighted by Crippen LogP contribution is -1.88. The number of halogens is 1. The van der Waals surface area contributed by atoms with E-state index in [0.29, 0.717) is 6.37 Å². The summed E-state index contributed by atoms with van der Waals surface area (Å²) in [5.74, 6) is 0. The summed E-state index contributed by atoms with van der Waals surface area (Å²) < 4.78 is 2.10. The van der Waals surface area contributed by atoms with Gasteiger partial charge in [-0.25, -0.2) is 9.97 Å². The highest BCUT2D eigenvalue weighted by Gasteiger charge is 2.07. The Balaban J connectivity index is 2.17. The first-order valence-electron chi connectivity index (χ1n) is 5.13. The van der Waals surface area contributed by atoms with Gasteiger partial charge < -0.3 is 9.32 Å². The number of hydrogen-bond donors (Lipinski definition) is 1. The fourth-order valence-corrected chi connectivity index (χ4v) is 3.36. The fourth-order valence-electron chi connectivity index (χ4n) is 1.84. The van der Waals surface area contributed by atoms with E-state index in [1.807, 2.05) is 25.5 Å². The summed E-state index contributed by atoms with van der Waals surface area (Å²) in [7, 11) is 0. The lowest BCUT2D eigenvalue weighted by atomic mass is 10.2. The third-order valence-corrected chi connectivity index (χ3v) is 4.70. The smallest absolute Gasteiger partial charge is 0.138 e. The second-order valence-corrected chi connectivity index (χ2v) is 5.92. The first-order valence-corrected chi connectivity index (χ1v) is 9.20. The van der Waals surface area contributed by atoms with Crippen LogP contribution in [0.2, 0.25) is 0 Å². The van der Waals surface area contributed by atoms with Crippen LogP contribution in [0.4, 0.5) is 0 Å². The summed E-state index contributed by atoms with van der Waals surface area (Å²) in [6, 6.07) is 6.23. The molecule has 1 N–H and O–H groups in total. The molecule has 1 atom stereocenters. The number of imidazole rings is 1. The lowest BCUT2D eigenvalue weighted by molar-refractivity contribution is 1.21. The SMILES string of the molecule is Cc1cc2ccc(-c3cncn3PI)nc2[nH]1. The predicted molar refractivity (Wildman–Crippen MR) is 79.8 cm³/mol. The predicted octanol–water partition coefficient (Wildman–Crippen LogP) is 3.53. The molecule has 1 unspecified atom stereocenters. The number of nitrogens with zero attached hydrogens (tertiary/aromatic N) is 3. The Bertz CT molecular complexity index is 673. The summed E-state index contributed by atoms with van der Waals surface area (Å²) in [6.07, 6.45) is 4.33. The molecule has 0 spiro atoms. The van der Waals surface area contributed by atoms with Crippen molar-refractivity contribution in [2.75, 3.05) is 0 Å². The second kappa shape index (κ2) is 4.38. The van der Waals surface area contributed by atoms with Gasteiger partial charge in [0.05, 0.1) is 23.9 Å². The van der Waals surface area contributed by atoms with Crippen LogP contribution in [0.3, 0.4) is 0 Å². The average Bonchev–Trinajstić information content (AvgIpc) is 2.91. The molecule has 0 bridgehead atoms. The van der Waals surface area contributed by atoms with Crippen molar-refractivity contribution in [2.24, 2.45) is 0 Å². The highest BCUT2D eigenvalue weighted by molar-refractivity contribution is 14.2. The van der Waals surface area contributed by atoms with E-state index in [1.165, 1.54) is 0 Å². The first-order chi connectivity index (χ1) is 8.28. The van der Waals surface area contributed by atoms with Crippen molar-refractivity contribution in [3.8, 4) is 11.4 Å². The van der Waals surface area contributed by atoms with Crippen LogP contribution in [-0.4, -0.2) is 19.3 Å². The van der Waals surface area contributed by atoms with E-state index >= 15 is 0 Å². The van der Waals surface area contributed by atoms with Gasteiger partial charge in [0, 0.05) is 17.5 Å². The fraction of sp³-hybridized carbons (Fsp3) is 0.0909. The van der Waals surface area contributed by atoms with Gasteiger partial charge >= 0.3 is 0 Å². The molecule has 0 saturated carbocycles. The third-order valence-electron chi connectivity index (χ3n) is 2.61.